The third-order valence-electron chi connectivity index (χ3n) is 11.5. The summed E-state index contributed by atoms with van der Waals surface area (Å²) in [5.41, 5.74) is 16.0. The molecule has 0 unspecified atom stereocenters. The molecule has 0 heterocycles. The van der Waals surface area contributed by atoms with Crippen molar-refractivity contribution in [3.8, 4) is 44.5 Å². The first-order chi connectivity index (χ1) is 26.5. The molecule has 0 atom stereocenters. The summed E-state index contributed by atoms with van der Waals surface area (Å²) in [6.07, 6.45) is 0. The van der Waals surface area contributed by atoms with Crippen molar-refractivity contribution in [2.45, 2.75) is 19.3 Å². The van der Waals surface area contributed by atoms with Gasteiger partial charge in [0.15, 0.2) is 0 Å². The molecule has 0 amide bonds. The van der Waals surface area contributed by atoms with Crippen LogP contribution in [-0.2, 0) is 5.41 Å². The molecule has 9 aromatic carbocycles. The van der Waals surface area contributed by atoms with Crippen LogP contribution in [0.4, 0.5) is 17.1 Å². The van der Waals surface area contributed by atoms with E-state index in [2.05, 4.69) is 219 Å². The molecule has 10 rings (SSSR count). The van der Waals surface area contributed by atoms with E-state index in [4.69, 9.17) is 0 Å². The maximum absolute atomic E-state index is 2.47. The highest BCUT2D eigenvalue weighted by Crippen LogP contribution is 2.51. The maximum atomic E-state index is 2.47. The second-order valence-electron chi connectivity index (χ2n) is 14.9. The Kier molecular flexibility index (Phi) is 7.56. The standard InChI is InChI=1S/C53H39N/c1-53(2)50-24-14-13-22-46(50)47-32-30-42(35-51(47)53)54(52-34-40-19-9-10-20-43(40)45-21-11-12-23-48(45)52)41-28-25-38(26-29-41)49-33-39(36-15-5-3-6-16-36)27-31-44(49)37-17-7-4-8-18-37/h3-35H,1-2H3. The minimum Gasteiger partial charge on any atom is -0.310 e. The molecule has 0 N–H and O–H groups in total. The maximum Gasteiger partial charge on any atom is 0.0546 e. The van der Waals surface area contributed by atoms with Gasteiger partial charge in [0.05, 0.1) is 5.69 Å². The van der Waals surface area contributed by atoms with E-state index in [1.807, 2.05) is 0 Å². The van der Waals surface area contributed by atoms with E-state index in [1.54, 1.807) is 0 Å². The lowest BCUT2D eigenvalue weighted by Gasteiger charge is -2.29. The Morgan fingerprint density at radius 1 is 0.333 bits per heavy atom. The summed E-state index contributed by atoms with van der Waals surface area (Å²) in [6, 6.07) is 73.4. The highest BCUT2D eigenvalue weighted by atomic mass is 15.1. The lowest BCUT2D eigenvalue weighted by molar-refractivity contribution is 0.660. The normalized spacial score (nSPS) is 12.8. The molecule has 1 aliphatic carbocycles. The summed E-state index contributed by atoms with van der Waals surface area (Å²) < 4.78 is 0. The molecule has 0 aromatic heterocycles. The third kappa shape index (κ3) is 5.24. The van der Waals surface area contributed by atoms with Gasteiger partial charge in [0.2, 0.25) is 0 Å². The van der Waals surface area contributed by atoms with Crippen molar-refractivity contribution in [2.24, 2.45) is 0 Å². The number of hydrogen-bond donors (Lipinski definition) is 0. The molecule has 1 nitrogen and oxygen atoms in total. The second-order valence-corrected chi connectivity index (χ2v) is 14.9. The zero-order chi connectivity index (χ0) is 36.2. The largest absolute Gasteiger partial charge is 0.310 e. The Bertz CT molecular complexity index is 2830. The summed E-state index contributed by atoms with van der Waals surface area (Å²) in [5, 5.41) is 4.98. The van der Waals surface area contributed by atoms with Gasteiger partial charge in [-0.1, -0.05) is 178 Å². The van der Waals surface area contributed by atoms with E-state index >= 15 is 0 Å². The van der Waals surface area contributed by atoms with Crippen LogP contribution in [0.1, 0.15) is 25.0 Å². The third-order valence-corrected chi connectivity index (χ3v) is 11.5. The van der Waals surface area contributed by atoms with Crippen LogP contribution < -0.4 is 4.90 Å². The number of fused-ring (bicyclic) bond motifs is 6. The summed E-state index contributed by atoms with van der Waals surface area (Å²) in [7, 11) is 0. The van der Waals surface area contributed by atoms with Crippen molar-refractivity contribution >= 4 is 38.6 Å². The van der Waals surface area contributed by atoms with Crippen LogP contribution in [0.5, 0.6) is 0 Å². The van der Waals surface area contributed by atoms with Crippen LogP contribution in [-0.4, -0.2) is 0 Å². The number of rotatable bonds is 6. The molecule has 0 spiro atoms. The molecule has 0 radical (unpaired) electrons. The fraction of sp³-hybridized carbons (Fsp3) is 0.0566. The molecule has 9 aromatic rings. The van der Waals surface area contributed by atoms with E-state index in [9.17, 15) is 0 Å². The topological polar surface area (TPSA) is 3.24 Å². The van der Waals surface area contributed by atoms with E-state index in [0.717, 1.165) is 11.4 Å². The van der Waals surface area contributed by atoms with Gasteiger partial charge in [-0.15, -0.1) is 0 Å². The van der Waals surface area contributed by atoms with Crippen LogP contribution in [0, 0.1) is 0 Å². The lowest BCUT2D eigenvalue weighted by Crippen LogP contribution is -2.16. The first-order valence-corrected chi connectivity index (χ1v) is 18.8. The molecule has 54 heavy (non-hydrogen) atoms. The highest BCUT2D eigenvalue weighted by molar-refractivity contribution is 6.14. The van der Waals surface area contributed by atoms with Crippen molar-refractivity contribution in [1.29, 1.82) is 0 Å². The van der Waals surface area contributed by atoms with Crippen molar-refractivity contribution in [1.82, 2.24) is 0 Å². The number of benzene rings is 9. The smallest absolute Gasteiger partial charge is 0.0546 e. The molecule has 0 fully saturated rings. The first kappa shape index (κ1) is 32.0. The highest BCUT2D eigenvalue weighted by Gasteiger charge is 2.35. The summed E-state index contributed by atoms with van der Waals surface area (Å²) in [6.45, 7) is 4.72. The average Bonchev–Trinajstić information content (AvgIpc) is 3.47. The second kappa shape index (κ2) is 12.8. The minimum absolute atomic E-state index is 0.111. The van der Waals surface area contributed by atoms with Gasteiger partial charge in [0, 0.05) is 22.2 Å². The van der Waals surface area contributed by atoms with Crippen LogP contribution in [0.15, 0.2) is 200 Å². The first-order valence-electron chi connectivity index (χ1n) is 18.8. The minimum atomic E-state index is -0.111. The monoisotopic (exact) mass is 689 g/mol. The summed E-state index contributed by atoms with van der Waals surface area (Å²) in [5.74, 6) is 0. The van der Waals surface area contributed by atoms with Crippen LogP contribution in [0.2, 0.25) is 0 Å². The Balaban J connectivity index is 1.17. The molecule has 0 saturated carbocycles. The van der Waals surface area contributed by atoms with Gasteiger partial charge in [0.25, 0.3) is 0 Å². The van der Waals surface area contributed by atoms with Gasteiger partial charge in [0.1, 0.15) is 0 Å². The van der Waals surface area contributed by atoms with Crippen LogP contribution >= 0.6 is 0 Å². The van der Waals surface area contributed by atoms with E-state index in [0.29, 0.717) is 0 Å². The Morgan fingerprint density at radius 2 is 0.889 bits per heavy atom. The summed E-state index contributed by atoms with van der Waals surface area (Å²) >= 11 is 0. The number of anilines is 3. The zero-order valence-electron chi connectivity index (χ0n) is 30.5. The Labute approximate surface area is 317 Å². The molecule has 1 aliphatic rings. The van der Waals surface area contributed by atoms with Crippen LogP contribution in [0.3, 0.4) is 0 Å². The molecular weight excluding hydrogens is 651 g/mol. The lowest BCUT2D eigenvalue weighted by atomic mass is 9.82. The molecule has 0 bridgehead atoms. The Morgan fingerprint density at radius 3 is 1.67 bits per heavy atom. The van der Waals surface area contributed by atoms with Crippen molar-refractivity contribution in [2.75, 3.05) is 4.90 Å². The van der Waals surface area contributed by atoms with E-state index in [1.165, 1.54) is 82.9 Å². The fourth-order valence-corrected chi connectivity index (χ4v) is 8.73. The van der Waals surface area contributed by atoms with Crippen molar-refractivity contribution in [3.05, 3.63) is 211 Å². The van der Waals surface area contributed by atoms with E-state index < -0.39 is 0 Å². The number of hydrogen-bond acceptors (Lipinski definition) is 1. The van der Waals surface area contributed by atoms with Gasteiger partial charge >= 0.3 is 0 Å². The number of nitrogens with zero attached hydrogens (tertiary/aromatic N) is 1. The molecule has 256 valence electrons. The van der Waals surface area contributed by atoms with E-state index in [-0.39, 0.29) is 5.41 Å². The van der Waals surface area contributed by atoms with Gasteiger partial charge in [-0.25, -0.2) is 0 Å². The SMILES string of the molecule is CC1(C)c2ccccc2-c2ccc(N(c3ccc(-c4cc(-c5ccccc5)ccc4-c4ccccc4)cc3)c3cc4ccccc4c4ccccc34)cc21. The Hall–Kier alpha value is -6.70. The van der Waals surface area contributed by atoms with Gasteiger partial charge in [-0.2, -0.15) is 0 Å². The predicted octanol–water partition coefficient (Wildman–Crippen LogP) is 14.8. The van der Waals surface area contributed by atoms with Gasteiger partial charge < -0.3 is 4.90 Å². The quantitative estimate of drug-likeness (QED) is 0.157. The summed E-state index contributed by atoms with van der Waals surface area (Å²) in [4.78, 5) is 2.47. The fourth-order valence-electron chi connectivity index (χ4n) is 8.73. The zero-order valence-corrected chi connectivity index (χ0v) is 30.5. The van der Waals surface area contributed by atoms with Crippen molar-refractivity contribution < 1.29 is 0 Å². The van der Waals surface area contributed by atoms with Crippen LogP contribution in [0.25, 0.3) is 66.1 Å². The molecule has 1 heteroatoms. The van der Waals surface area contributed by atoms with Gasteiger partial charge in [-0.05, 0) is 108 Å². The molecule has 0 saturated heterocycles. The molecular formula is C53H39N. The molecule has 0 aliphatic heterocycles. The average molecular weight is 690 g/mol. The van der Waals surface area contributed by atoms with Crippen molar-refractivity contribution in [3.63, 3.8) is 0 Å². The van der Waals surface area contributed by atoms with Gasteiger partial charge in [-0.3, -0.25) is 0 Å². The predicted molar refractivity (Wildman–Crippen MR) is 230 cm³/mol.